The molecule has 0 radical (unpaired) electrons. The van der Waals surface area contributed by atoms with Crippen LogP contribution in [0.25, 0.3) is 0 Å². The van der Waals surface area contributed by atoms with Gasteiger partial charge in [0.25, 0.3) is 0 Å². The van der Waals surface area contributed by atoms with Gasteiger partial charge in [-0.15, -0.1) is 10.2 Å². The van der Waals surface area contributed by atoms with Crippen molar-refractivity contribution in [3.63, 3.8) is 0 Å². The number of rotatable bonds is 3. The Labute approximate surface area is 120 Å². The Kier molecular flexibility index (Phi) is 3.33. The van der Waals surface area contributed by atoms with E-state index >= 15 is 0 Å². The average molecular weight is 296 g/mol. The van der Waals surface area contributed by atoms with Gasteiger partial charge in [0.1, 0.15) is 5.01 Å². The van der Waals surface area contributed by atoms with Gasteiger partial charge >= 0.3 is 12.0 Å². The van der Waals surface area contributed by atoms with Crippen LogP contribution in [0, 0.1) is 5.92 Å². The zero-order valence-electron chi connectivity index (χ0n) is 11.1. The van der Waals surface area contributed by atoms with E-state index < -0.39 is 11.9 Å². The van der Waals surface area contributed by atoms with E-state index in [-0.39, 0.29) is 18.1 Å². The Bertz CT molecular complexity index is 547. The Hall–Kier alpha value is -1.70. The van der Waals surface area contributed by atoms with Crippen molar-refractivity contribution in [3.05, 3.63) is 5.01 Å². The molecule has 2 N–H and O–H groups in total. The number of amides is 2. The number of aromatic nitrogens is 2. The first kappa shape index (κ1) is 13.3. The standard InChI is InChI=1S/C12H16N4O3S/c1-2-9-14-15-11(20-9)13-12(19)16-6-3-4-8(16)7(5-6)10(17)18/h6-8H,2-5H2,1H3,(H,17,18)(H,13,15,19). The van der Waals surface area contributed by atoms with Gasteiger partial charge in [-0.1, -0.05) is 18.3 Å². The molecule has 2 aliphatic rings. The number of carbonyl (C=O) groups is 2. The molecule has 0 saturated carbocycles. The van der Waals surface area contributed by atoms with Crippen LogP contribution in [-0.2, 0) is 11.2 Å². The number of nitrogens with one attached hydrogen (secondary N) is 1. The molecule has 2 saturated heterocycles. The first-order valence-corrected chi connectivity index (χ1v) is 7.56. The second-order valence-corrected chi connectivity index (χ2v) is 6.23. The molecule has 1 aromatic heterocycles. The normalized spacial score (nSPS) is 27.9. The lowest BCUT2D eigenvalue weighted by Gasteiger charge is -2.22. The summed E-state index contributed by atoms with van der Waals surface area (Å²) in [6.45, 7) is 1.98. The van der Waals surface area contributed by atoms with Gasteiger partial charge < -0.3 is 10.0 Å². The third-order valence-electron chi connectivity index (χ3n) is 4.07. The van der Waals surface area contributed by atoms with E-state index in [2.05, 4.69) is 15.5 Å². The number of urea groups is 1. The van der Waals surface area contributed by atoms with Crippen LogP contribution in [-0.4, -0.2) is 44.3 Å². The Balaban J connectivity index is 1.70. The largest absolute Gasteiger partial charge is 0.481 e. The summed E-state index contributed by atoms with van der Waals surface area (Å²) in [5.41, 5.74) is 0. The highest BCUT2D eigenvalue weighted by Crippen LogP contribution is 2.42. The Morgan fingerprint density at radius 3 is 2.85 bits per heavy atom. The fourth-order valence-electron chi connectivity index (χ4n) is 3.17. The summed E-state index contributed by atoms with van der Waals surface area (Å²) in [5, 5.41) is 21.1. The highest BCUT2D eigenvalue weighted by molar-refractivity contribution is 7.15. The number of carboxylic acid groups (broad SMARTS) is 1. The molecule has 2 amide bonds. The smallest absolute Gasteiger partial charge is 0.324 e. The molecule has 0 spiro atoms. The molecule has 8 heteroatoms. The first-order valence-electron chi connectivity index (χ1n) is 6.74. The molecule has 3 rings (SSSR count). The van der Waals surface area contributed by atoms with Crippen LogP contribution < -0.4 is 5.32 Å². The summed E-state index contributed by atoms with van der Waals surface area (Å²) in [6, 6.07) is -0.393. The van der Waals surface area contributed by atoms with E-state index in [0.717, 1.165) is 24.3 Å². The highest BCUT2D eigenvalue weighted by Gasteiger charge is 2.51. The lowest BCUT2D eigenvalue weighted by Crippen LogP contribution is -2.40. The minimum Gasteiger partial charge on any atom is -0.481 e. The molecule has 1 aromatic rings. The van der Waals surface area contributed by atoms with Gasteiger partial charge in [-0.2, -0.15) is 0 Å². The maximum atomic E-state index is 12.3. The Morgan fingerprint density at radius 1 is 1.45 bits per heavy atom. The zero-order valence-corrected chi connectivity index (χ0v) is 11.9. The molecular formula is C12H16N4O3S. The number of carboxylic acids is 1. The number of nitrogens with zero attached hydrogens (tertiary/aromatic N) is 3. The highest BCUT2D eigenvalue weighted by atomic mass is 32.1. The fourth-order valence-corrected chi connectivity index (χ4v) is 3.84. The first-order chi connectivity index (χ1) is 9.60. The lowest BCUT2D eigenvalue weighted by molar-refractivity contribution is -0.142. The van der Waals surface area contributed by atoms with E-state index in [1.54, 1.807) is 4.90 Å². The van der Waals surface area contributed by atoms with Crippen LogP contribution >= 0.6 is 11.3 Å². The van der Waals surface area contributed by atoms with Gasteiger partial charge in [0, 0.05) is 12.1 Å². The van der Waals surface area contributed by atoms with Crippen molar-refractivity contribution in [2.75, 3.05) is 5.32 Å². The summed E-state index contributed by atoms with van der Waals surface area (Å²) >= 11 is 1.35. The molecule has 0 aliphatic carbocycles. The maximum Gasteiger partial charge on any atom is 0.324 e. The molecule has 2 fully saturated rings. The summed E-state index contributed by atoms with van der Waals surface area (Å²) in [4.78, 5) is 25.2. The second-order valence-electron chi connectivity index (χ2n) is 5.17. The van der Waals surface area contributed by atoms with Crippen LogP contribution in [0.2, 0.25) is 0 Å². The molecule has 7 nitrogen and oxygen atoms in total. The summed E-state index contributed by atoms with van der Waals surface area (Å²) in [5.74, 6) is -1.24. The number of hydrogen-bond acceptors (Lipinski definition) is 5. The molecule has 20 heavy (non-hydrogen) atoms. The van der Waals surface area contributed by atoms with Crippen molar-refractivity contribution in [2.45, 2.75) is 44.7 Å². The number of hydrogen-bond donors (Lipinski definition) is 2. The topological polar surface area (TPSA) is 95.4 Å². The van der Waals surface area contributed by atoms with Crippen LogP contribution in [0.1, 0.15) is 31.2 Å². The van der Waals surface area contributed by atoms with Gasteiger partial charge in [0.05, 0.1) is 5.92 Å². The molecule has 2 bridgehead atoms. The summed E-state index contributed by atoms with van der Waals surface area (Å²) < 4.78 is 0. The summed E-state index contributed by atoms with van der Waals surface area (Å²) in [6.07, 6.45) is 3.00. The quantitative estimate of drug-likeness (QED) is 0.882. The predicted molar refractivity (Wildman–Crippen MR) is 72.7 cm³/mol. The van der Waals surface area contributed by atoms with E-state index in [1.165, 1.54) is 11.3 Å². The third-order valence-corrected chi connectivity index (χ3v) is 5.05. The number of anilines is 1. The average Bonchev–Trinajstić information content (AvgIpc) is 3.11. The van der Waals surface area contributed by atoms with Crippen molar-refractivity contribution in [1.82, 2.24) is 15.1 Å². The SMILES string of the molecule is CCc1nnc(NC(=O)N2C3CCC2C(C(=O)O)C3)s1. The van der Waals surface area contributed by atoms with Crippen molar-refractivity contribution in [2.24, 2.45) is 5.92 Å². The van der Waals surface area contributed by atoms with Gasteiger partial charge in [0.2, 0.25) is 5.13 Å². The molecule has 2 aliphatic heterocycles. The minimum absolute atomic E-state index is 0.0414. The van der Waals surface area contributed by atoms with Gasteiger partial charge in [-0.25, -0.2) is 4.79 Å². The monoisotopic (exact) mass is 296 g/mol. The minimum atomic E-state index is -0.806. The van der Waals surface area contributed by atoms with Crippen LogP contribution in [0.5, 0.6) is 0 Å². The van der Waals surface area contributed by atoms with E-state index in [4.69, 9.17) is 0 Å². The van der Waals surface area contributed by atoms with Crippen molar-refractivity contribution >= 4 is 28.5 Å². The van der Waals surface area contributed by atoms with E-state index in [0.29, 0.717) is 11.6 Å². The molecule has 108 valence electrons. The number of aryl methyl sites for hydroxylation is 1. The summed E-state index contributed by atoms with van der Waals surface area (Å²) in [7, 11) is 0. The molecular weight excluding hydrogens is 280 g/mol. The fraction of sp³-hybridized carbons (Fsp3) is 0.667. The number of aliphatic carboxylic acids is 1. The third kappa shape index (κ3) is 2.13. The maximum absolute atomic E-state index is 12.3. The van der Waals surface area contributed by atoms with Crippen molar-refractivity contribution < 1.29 is 14.7 Å². The lowest BCUT2D eigenvalue weighted by atomic mass is 9.89. The zero-order chi connectivity index (χ0) is 14.3. The van der Waals surface area contributed by atoms with Crippen molar-refractivity contribution in [3.8, 4) is 0 Å². The van der Waals surface area contributed by atoms with Crippen LogP contribution in [0.3, 0.4) is 0 Å². The molecule has 3 atom stereocenters. The number of carbonyl (C=O) groups excluding carboxylic acids is 1. The van der Waals surface area contributed by atoms with E-state index in [1.807, 2.05) is 6.92 Å². The second kappa shape index (κ2) is 5.01. The van der Waals surface area contributed by atoms with Crippen LogP contribution in [0.15, 0.2) is 0 Å². The molecule has 0 aromatic carbocycles. The van der Waals surface area contributed by atoms with Gasteiger partial charge in [-0.05, 0) is 25.7 Å². The Morgan fingerprint density at radius 2 is 2.25 bits per heavy atom. The van der Waals surface area contributed by atoms with Crippen molar-refractivity contribution in [1.29, 1.82) is 0 Å². The van der Waals surface area contributed by atoms with Gasteiger partial charge in [-0.3, -0.25) is 10.1 Å². The van der Waals surface area contributed by atoms with E-state index in [9.17, 15) is 14.7 Å². The molecule has 3 heterocycles. The van der Waals surface area contributed by atoms with Crippen LogP contribution in [0.4, 0.5) is 9.93 Å². The van der Waals surface area contributed by atoms with Gasteiger partial charge in [0.15, 0.2) is 0 Å². The molecule has 3 unspecified atom stereocenters. The predicted octanol–water partition coefficient (Wildman–Crippen LogP) is 1.57. The number of fused-ring (bicyclic) bond motifs is 2.